The average Bonchev–Trinajstić information content (AvgIpc) is 3.24. The number of carbonyl (C=O) groups is 1. The molecule has 0 bridgehead atoms. The summed E-state index contributed by atoms with van der Waals surface area (Å²) in [5.41, 5.74) is 3.85. The second kappa shape index (κ2) is 9.32. The van der Waals surface area contributed by atoms with Gasteiger partial charge in [0.15, 0.2) is 5.65 Å². The van der Waals surface area contributed by atoms with Gasteiger partial charge in [-0.3, -0.25) is 9.78 Å². The molecule has 2 aromatic carbocycles. The van der Waals surface area contributed by atoms with Crippen LogP contribution in [-0.4, -0.2) is 30.6 Å². The maximum Gasteiger partial charge on any atom is 0.274 e. The number of benzene rings is 2. The number of hydrogen-bond acceptors (Lipinski definition) is 6. The van der Waals surface area contributed by atoms with Gasteiger partial charge in [0.25, 0.3) is 5.91 Å². The maximum atomic E-state index is 12.4. The summed E-state index contributed by atoms with van der Waals surface area (Å²) < 4.78 is 2.44. The average molecular weight is 515 g/mol. The maximum absolute atomic E-state index is 12.4. The molecule has 0 aliphatic heterocycles. The molecule has 3 aromatic heterocycles. The largest absolute Gasteiger partial charge is 0.507 e. The highest BCUT2D eigenvalue weighted by Crippen LogP contribution is 2.31. The predicted molar refractivity (Wildman–Crippen MR) is 134 cm³/mol. The molecule has 5 aromatic rings. The lowest BCUT2D eigenvalue weighted by molar-refractivity contribution is 0.102. The van der Waals surface area contributed by atoms with E-state index in [4.69, 9.17) is 0 Å². The first kappa shape index (κ1) is 21.6. The fourth-order valence-corrected chi connectivity index (χ4v) is 3.88. The quantitative estimate of drug-likeness (QED) is 0.290. The summed E-state index contributed by atoms with van der Waals surface area (Å²) in [5.74, 6) is 0.587. The Bertz CT molecular complexity index is 1490. The SMILES string of the molecule is O=C(Nc1cccc(CNc2cc(-c3ccccc3O)nc3c(Br)cnn23)c1)c1ccccn1. The van der Waals surface area contributed by atoms with E-state index in [9.17, 15) is 9.90 Å². The molecule has 9 heteroatoms. The summed E-state index contributed by atoms with van der Waals surface area (Å²) in [6.45, 7) is 0.476. The zero-order chi connectivity index (χ0) is 23.5. The Morgan fingerprint density at radius 1 is 1.03 bits per heavy atom. The molecule has 8 nitrogen and oxygen atoms in total. The van der Waals surface area contributed by atoms with Crippen LogP contribution in [0.1, 0.15) is 16.1 Å². The number of aromatic nitrogens is 4. The molecular formula is C25H19BrN6O2. The summed E-state index contributed by atoms with van der Waals surface area (Å²) in [7, 11) is 0. The van der Waals surface area contributed by atoms with Gasteiger partial charge in [0.05, 0.1) is 16.4 Å². The third-order valence-electron chi connectivity index (χ3n) is 5.16. The standard InChI is InChI=1S/C25H19BrN6O2/c26-19-15-29-32-23(13-21(31-24(19)32)18-8-1-2-10-22(18)33)28-14-16-6-5-7-17(12-16)30-25(34)20-9-3-4-11-27-20/h1-13,15,28,33H,14H2,(H,30,34). The van der Waals surface area contributed by atoms with Crippen LogP contribution in [0.4, 0.5) is 11.5 Å². The highest BCUT2D eigenvalue weighted by atomic mass is 79.9. The number of para-hydroxylation sites is 1. The molecule has 0 aliphatic carbocycles. The summed E-state index contributed by atoms with van der Waals surface area (Å²) in [5, 5.41) is 21.0. The molecule has 3 N–H and O–H groups in total. The third-order valence-corrected chi connectivity index (χ3v) is 5.72. The molecule has 0 atom stereocenters. The second-order valence-electron chi connectivity index (χ2n) is 7.49. The Balaban J connectivity index is 1.40. The number of phenolic OH excluding ortho intramolecular Hbond substituents is 1. The molecule has 0 unspecified atom stereocenters. The van der Waals surface area contributed by atoms with Crippen LogP contribution in [-0.2, 0) is 6.54 Å². The fraction of sp³-hybridized carbons (Fsp3) is 0.0400. The van der Waals surface area contributed by atoms with Crippen LogP contribution < -0.4 is 10.6 Å². The lowest BCUT2D eigenvalue weighted by Crippen LogP contribution is -2.13. The number of pyridine rings is 1. The van der Waals surface area contributed by atoms with Gasteiger partial charge in [-0.1, -0.05) is 30.3 Å². The minimum Gasteiger partial charge on any atom is -0.507 e. The van der Waals surface area contributed by atoms with Crippen molar-refractivity contribution in [2.45, 2.75) is 6.54 Å². The number of rotatable bonds is 6. The second-order valence-corrected chi connectivity index (χ2v) is 8.35. The van der Waals surface area contributed by atoms with E-state index in [1.807, 2.05) is 42.5 Å². The predicted octanol–water partition coefficient (Wildman–Crippen LogP) is 5.12. The highest BCUT2D eigenvalue weighted by molar-refractivity contribution is 9.10. The number of nitrogens with one attached hydrogen (secondary N) is 2. The van der Waals surface area contributed by atoms with Gasteiger partial charge in [-0.25, -0.2) is 4.98 Å². The van der Waals surface area contributed by atoms with Gasteiger partial charge < -0.3 is 15.7 Å². The van der Waals surface area contributed by atoms with E-state index in [1.165, 1.54) is 0 Å². The molecule has 5 rings (SSSR count). The van der Waals surface area contributed by atoms with Crippen molar-refractivity contribution in [1.82, 2.24) is 19.6 Å². The van der Waals surface area contributed by atoms with Gasteiger partial charge in [-0.2, -0.15) is 9.61 Å². The lowest BCUT2D eigenvalue weighted by Gasteiger charge is -2.12. The number of halogens is 1. The van der Waals surface area contributed by atoms with E-state index in [1.54, 1.807) is 47.2 Å². The summed E-state index contributed by atoms with van der Waals surface area (Å²) in [6.07, 6.45) is 3.26. The van der Waals surface area contributed by atoms with Crippen molar-refractivity contribution in [2.24, 2.45) is 0 Å². The Kier molecular flexibility index (Phi) is 5.92. The van der Waals surface area contributed by atoms with Crippen LogP contribution in [0.25, 0.3) is 16.9 Å². The summed E-state index contributed by atoms with van der Waals surface area (Å²) in [4.78, 5) is 21.2. The Labute approximate surface area is 203 Å². The molecule has 34 heavy (non-hydrogen) atoms. The number of fused-ring (bicyclic) bond motifs is 1. The van der Waals surface area contributed by atoms with Gasteiger partial charge in [-0.05, 0) is 57.9 Å². The Hall–Kier alpha value is -4.24. The van der Waals surface area contributed by atoms with E-state index in [0.29, 0.717) is 40.6 Å². The zero-order valence-corrected chi connectivity index (χ0v) is 19.4. The van der Waals surface area contributed by atoms with E-state index in [2.05, 4.69) is 41.6 Å². The first-order chi connectivity index (χ1) is 16.6. The Morgan fingerprint density at radius 3 is 2.71 bits per heavy atom. The van der Waals surface area contributed by atoms with Crippen LogP contribution in [0, 0.1) is 0 Å². The summed E-state index contributed by atoms with van der Waals surface area (Å²) in [6, 6.07) is 21.7. The van der Waals surface area contributed by atoms with Crippen LogP contribution in [0.3, 0.4) is 0 Å². The van der Waals surface area contributed by atoms with Gasteiger partial charge in [0.2, 0.25) is 0 Å². The number of aromatic hydroxyl groups is 1. The van der Waals surface area contributed by atoms with E-state index in [-0.39, 0.29) is 11.7 Å². The van der Waals surface area contributed by atoms with Crippen LogP contribution in [0.15, 0.2) is 89.7 Å². The normalized spacial score (nSPS) is 10.9. The van der Waals surface area contributed by atoms with Gasteiger partial charge in [0, 0.05) is 30.1 Å². The van der Waals surface area contributed by atoms with Gasteiger partial charge >= 0.3 is 0 Å². The molecule has 168 valence electrons. The summed E-state index contributed by atoms with van der Waals surface area (Å²) >= 11 is 3.49. The molecule has 0 aliphatic rings. The topological polar surface area (TPSA) is 104 Å². The van der Waals surface area contributed by atoms with Crippen LogP contribution in [0.2, 0.25) is 0 Å². The molecule has 1 amide bonds. The lowest BCUT2D eigenvalue weighted by atomic mass is 10.1. The zero-order valence-electron chi connectivity index (χ0n) is 17.8. The van der Waals surface area contributed by atoms with Crippen LogP contribution >= 0.6 is 15.9 Å². The van der Waals surface area contributed by atoms with Crippen molar-refractivity contribution in [3.05, 3.63) is 101 Å². The fourth-order valence-electron chi connectivity index (χ4n) is 3.53. The minimum atomic E-state index is -0.268. The molecule has 0 radical (unpaired) electrons. The van der Waals surface area contributed by atoms with Crippen molar-refractivity contribution in [3.63, 3.8) is 0 Å². The first-order valence-corrected chi connectivity index (χ1v) is 11.3. The monoisotopic (exact) mass is 514 g/mol. The highest BCUT2D eigenvalue weighted by Gasteiger charge is 2.14. The molecule has 0 saturated carbocycles. The van der Waals surface area contributed by atoms with Gasteiger partial charge in [0.1, 0.15) is 17.3 Å². The molecule has 0 spiro atoms. The van der Waals surface area contributed by atoms with E-state index in [0.717, 1.165) is 10.0 Å². The van der Waals surface area contributed by atoms with E-state index >= 15 is 0 Å². The smallest absolute Gasteiger partial charge is 0.274 e. The molecule has 0 saturated heterocycles. The van der Waals surface area contributed by atoms with Crippen molar-refractivity contribution in [2.75, 3.05) is 10.6 Å². The molecule has 3 heterocycles. The third kappa shape index (κ3) is 4.46. The number of hydrogen-bond donors (Lipinski definition) is 3. The van der Waals surface area contributed by atoms with Crippen molar-refractivity contribution in [1.29, 1.82) is 0 Å². The number of nitrogens with zero attached hydrogens (tertiary/aromatic N) is 4. The van der Waals surface area contributed by atoms with Crippen molar-refractivity contribution in [3.8, 4) is 17.0 Å². The number of carbonyl (C=O) groups excluding carboxylic acids is 1. The number of amides is 1. The molecular weight excluding hydrogens is 496 g/mol. The molecule has 0 fully saturated rings. The van der Waals surface area contributed by atoms with Crippen molar-refractivity contribution < 1.29 is 9.90 Å². The first-order valence-electron chi connectivity index (χ1n) is 10.5. The van der Waals surface area contributed by atoms with Gasteiger partial charge in [-0.15, -0.1) is 0 Å². The van der Waals surface area contributed by atoms with E-state index < -0.39 is 0 Å². The minimum absolute atomic E-state index is 0.150. The van der Waals surface area contributed by atoms with Crippen LogP contribution in [0.5, 0.6) is 5.75 Å². The number of anilines is 2. The Morgan fingerprint density at radius 2 is 1.88 bits per heavy atom. The number of phenols is 1. The van der Waals surface area contributed by atoms with Crippen molar-refractivity contribution >= 4 is 39.0 Å².